The van der Waals surface area contributed by atoms with E-state index in [1.54, 1.807) is 30.3 Å². The van der Waals surface area contributed by atoms with Crippen LogP contribution in [-0.4, -0.2) is 28.7 Å². The fourth-order valence-electron chi connectivity index (χ4n) is 3.72. The Morgan fingerprint density at radius 2 is 1.43 bits per heavy atom. The van der Waals surface area contributed by atoms with Crippen LogP contribution in [0.3, 0.4) is 0 Å². The number of carbonyl (C=O) groups excluding carboxylic acids is 3. The molecule has 1 aliphatic rings. The van der Waals surface area contributed by atoms with Crippen LogP contribution in [0.2, 0.25) is 0 Å². The van der Waals surface area contributed by atoms with E-state index >= 15 is 0 Å². The number of nitrogens with zero attached hydrogens (tertiary/aromatic N) is 1. The van der Waals surface area contributed by atoms with Crippen LogP contribution in [0.15, 0.2) is 78.9 Å². The summed E-state index contributed by atoms with van der Waals surface area (Å²) in [6.45, 7) is 2.04. The molecule has 1 heterocycles. The molecule has 150 valence electrons. The minimum Gasteiger partial charge on any atom is -0.324 e. The topological polar surface area (TPSA) is 66.5 Å². The Kier molecular flexibility index (Phi) is 5.44. The molecule has 0 aromatic heterocycles. The number of imide groups is 1. The fraction of sp³-hybridized carbons (Fsp3) is 0.160. The van der Waals surface area contributed by atoms with Crippen molar-refractivity contribution >= 4 is 23.4 Å². The smallest absolute Gasteiger partial charge is 0.262 e. The third-order valence-corrected chi connectivity index (χ3v) is 5.31. The van der Waals surface area contributed by atoms with Crippen molar-refractivity contribution in [1.29, 1.82) is 0 Å². The van der Waals surface area contributed by atoms with Gasteiger partial charge in [-0.3, -0.25) is 19.3 Å². The number of fused-ring (bicyclic) bond motifs is 1. The van der Waals surface area contributed by atoms with Crippen molar-refractivity contribution in [2.45, 2.75) is 25.8 Å². The Bertz CT molecular complexity index is 1070. The van der Waals surface area contributed by atoms with Gasteiger partial charge in [0.2, 0.25) is 5.91 Å². The van der Waals surface area contributed by atoms with E-state index in [9.17, 15) is 14.4 Å². The molecule has 0 radical (unpaired) electrons. The van der Waals surface area contributed by atoms with Gasteiger partial charge in [0.1, 0.15) is 6.04 Å². The first kappa shape index (κ1) is 19.6. The molecule has 4 rings (SSSR count). The largest absolute Gasteiger partial charge is 0.324 e. The van der Waals surface area contributed by atoms with E-state index in [0.717, 1.165) is 22.4 Å². The van der Waals surface area contributed by atoms with Crippen LogP contribution in [0.1, 0.15) is 38.8 Å². The normalized spacial score (nSPS) is 13.8. The monoisotopic (exact) mass is 398 g/mol. The summed E-state index contributed by atoms with van der Waals surface area (Å²) in [5, 5.41) is 2.90. The van der Waals surface area contributed by atoms with Crippen molar-refractivity contribution in [1.82, 2.24) is 4.90 Å². The number of anilines is 1. The van der Waals surface area contributed by atoms with E-state index < -0.39 is 17.9 Å². The highest BCUT2D eigenvalue weighted by Crippen LogP contribution is 2.26. The Hall–Kier alpha value is -3.73. The zero-order valence-electron chi connectivity index (χ0n) is 16.7. The van der Waals surface area contributed by atoms with Gasteiger partial charge >= 0.3 is 0 Å². The van der Waals surface area contributed by atoms with Crippen LogP contribution in [0.4, 0.5) is 5.69 Å². The number of rotatable bonds is 6. The molecule has 0 fully saturated rings. The van der Waals surface area contributed by atoms with Crippen LogP contribution in [0.25, 0.3) is 0 Å². The standard InChI is InChI=1S/C25H22N2O3/c1-2-17-11-8-12-19(15-17)26-23(28)22(16-18-9-4-3-5-10-18)27-24(29)20-13-6-7-14-21(20)25(27)30/h3-15,22H,2,16H2,1H3,(H,26,28)/t22-/m1/s1. The molecule has 0 bridgehead atoms. The molecular weight excluding hydrogens is 376 g/mol. The Morgan fingerprint density at radius 3 is 2.07 bits per heavy atom. The van der Waals surface area contributed by atoms with Crippen LogP contribution in [0.5, 0.6) is 0 Å². The maximum atomic E-state index is 13.3. The summed E-state index contributed by atoms with van der Waals surface area (Å²) in [4.78, 5) is 40.4. The van der Waals surface area contributed by atoms with Crippen molar-refractivity contribution in [3.05, 3.63) is 101 Å². The lowest BCUT2D eigenvalue weighted by Gasteiger charge is -2.25. The average Bonchev–Trinajstić information content (AvgIpc) is 3.03. The quantitative estimate of drug-likeness (QED) is 0.636. The second-order valence-corrected chi connectivity index (χ2v) is 7.27. The minimum atomic E-state index is -0.954. The van der Waals surface area contributed by atoms with Crippen LogP contribution < -0.4 is 5.32 Å². The number of carbonyl (C=O) groups is 3. The van der Waals surface area contributed by atoms with Gasteiger partial charge in [-0.2, -0.15) is 0 Å². The lowest BCUT2D eigenvalue weighted by atomic mass is 10.0. The van der Waals surface area contributed by atoms with E-state index in [4.69, 9.17) is 0 Å². The van der Waals surface area contributed by atoms with E-state index in [1.165, 1.54) is 0 Å². The number of hydrogen-bond acceptors (Lipinski definition) is 3. The first-order valence-electron chi connectivity index (χ1n) is 9.99. The molecule has 3 aromatic rings. The Morgan fingerprint density at radius 1 is 0.833 bits per heavy atom. The third-order valence-electron chi connectivity index (χ3n) is 5.31. The zero-order chi connectivity index (χ0) is 21.1. The lowest BCUT2D eigenvalue weighted by Crippen LogP contribution is -2.48. The lowest BCUT2D eigenvalue weighted by molar-refractivity contribution is -0.119. The molecule has 1 aliphatic heterocycles. The summed E-state index contributed by atoms with van der Waals surface area (Å²) in [6, 6.07) is 22.7. The highest BCUT2D eigenvalue weighted by molar-refractivity contribution is 6.23. The number of nitrogens with one attached hydrogen (secondary N) is 1. The Balaban J connectivity index is 1.67. The van der Waals surface area contributed by atoms with E-state index in [-0.39, 0.29) is 12.3 Å². The van der Waals surface area contributed by atoms with Crippen molar-refractivity contribution in [2.75, 3.05) is 5.32 Å². The van der Waals surface area contributed by atoms with Gasteiger partial charge in [-0.05, 0) is 41.8 Å². The predicted molar refractivity (Wildman–Crippen MR) is 115 cm³/mol. The van der Waals surface area contributed by atoms with Crippen molar-refractivity contribution in [3.8, 4) is 0 Å². The molecule has 30 heavy (non-hydrogen) atoms. The predicted octanol–water partition coefficient (Wildman–Crippen LogP) is 4.10. The average molecular weight is 398 g/mol. The van der Waals surface area contributed by atoms with Gasteiger partial charge in [0.15, 0.2) is 0 Å². The third kappa shape index (κ3) is 3.74. The summed E-state index contributed by atoms with van der Waals surface area (Å²) in [7, 11) is 0. The molecule has 3 aromatic carbocycles. The van der Waals surface area contributed by atoms with Crippen molar-refractivity contribution in [3.63, 3.8) is 0 Å². The molecule has 3 amide bonds. The number of aryl methyl sites for hydroxylation is 1. The number of amides is 3. The second-order valence-electron chi connectivity index (χ2n) is 7.27. The van der Waals surface area contributed by atoms with Crippen molar-refractivity contribution < 1.29 is 14.4 Å². The highest BCUT2D eigenvalue weighted by Gasteiger charge is 2.42. The molecule has 0 saturated carbocycles. The molecule has 0 aliphatic carbocycles. The Labute approximate surface area is 175 Å². The number of benzene rings is 3. The van der Waals surface area contributed by atoms with Crippen LogP contribution >= 0.6 is 0 Å². The maximum Gasteiger partial charge on any atom is 0.262 e. The second kappa shape index (κ2) is 8.33. The fourth-order valence-corrected chi connectivity index (χ4v) is 3.72. The van der Waals surface area contributed by atoms with E-state index in [0.29, 0.717) is 16.8 Å². The van der Waals surface area contributed by atoms with Crippen molar-refractivity contribution in [2.24, 2.45) is 0 Å². The zero-order valence-corrected chi connectivity index (χ0v) is 16.7. The summed E-state index contributed by atoms with van der Waals surface area (Å²) >= 11 is 0. The number of hydrogen-bond donors (Lipinski definition) is 1. The van der Waals surface area contributed by atoms with Crippen LogP contribution in [-0.2, 0) is 17.6 Å². The molecule has 1 atom stereocenters. The van der Waals surface area contributed by atoms with E-state index in [2.05, 4.69) is 5.32 Å². The SMILES string of the molecule is CCc1cccc(NC(=O)[C@@H](Cc2ccccc2)N2C(=O)c3ccccc3C2=O)c1. The first-order valence-corrected chi connectivity index (χ1v) is 9.99. The molecular formula is C25H22N2O3. The molecule has 5 nitrogen and oxygen atoms in total. The van der Waals surface area contributed by atoms with Gasteiger partial charge in [-0.1, -0.05) is 61.5 Å². The highest BCUT2D eigenvalue weighted by atomic mass is 16.2. The van der Waals surface area contributed by atoms with Crippen LogP contribution in [0, 0.1) is 0 Å². The maximum absolute atomic E-state index is 13.3. The van der Waals surface area contributed by atoms with Gasteiger partial charge in [0.25, 0.3) is 11.8 Å². The summed E-state index contributed by atoms with van der Waals surface area (Å²) in [5.41, 5.74) is 3.28. The molecule has 0 saturated heterocycles. The van der Waals surface area contributed by atoms with Gasteiger partial charge in [-0.25, -0.2) is 0 Å². The molecule has 0 spiro atoms. The van der Waals surface area contributed by atoms with Gasteiger partial charge in [-0.15, -0.1) is 0 Å². The summed E-state index contributed by atoms with van der Waals surface area (Å²) < 4.78 is 0. The van der Waals surface area contributed by atoms with Gasteiger partial charge in [0.05, 0.1) is 11.1 Å². The van der Waals surface area contributed by atoms with Gasteiger partial charge < -0.3 is 5.32 Å². The summed E-state index contributed by atoms with van der Waals surface area (Å²) in [5.74, 6) is -1.26. The molecule has 1 N–H and O–H groups in total. The van der Waals surface area contributed by atoms with E-state index in [1.807, 2.05) is 55.5 Å². The molecule has 0 unspecified atom stereocenters. The van der Waals surface area contributed by atoms with Gasteiger partial charge in [0, 0.05) is 12.1 Å². The summed E-state index contributed by atoms with van der Waals surface area (Å²) in [6.07, 6.45) is 1.08. The minimum absolute atomic E-state index is 0.242. The molecule has 5 heteroatoms. The first-order chi connectivity index (χ1) is 14.6.